The average Bonchev–Trinajstić information content (AvgIpc) is 2.43. The van der Waals surface area contributed by atoms with Gasteiger partial charge in [-0.3, -0.25) is 0 Å². The van der Waals surface area contributed by atoms with E-state index in [1.165, 1.54) is 6.33 Å². The Hall–Kier alpha value is -2.05. The Morgan fingerprint density at radius 3 is 2.73 bits per heavy atom. The van der Waals surface area contributed by atoms with Crippen molar-refractivity contribution in [3.63, 3.8) is 0 Å². The van der Waals surface area contributed by atoms with E-state index in [4.69, 9.17) is 9.47 Å². The molecule has 0 saturated heterocycles. The van der Waals surface area contributed by atoms with Crippen molar-refractivity contribution in [2.45, 2.75) is 46.1 Å². The molecular weight excluding hydrogens is 284 g/mol. The summed E-state index contributed by atoms with van der Waals surface area (Å²) in [5, 5.41) is 5.87. The Morgan fingerprint density at radius 1 is 1.27 bits per heavy atom. The van der Waals surface area contributed by atoms with Crippen LogP contribution >= 0.6 is 0 Å². The van der Waals surface area contributed by atoms with E-state index in [9.17, 15) is 4.79 Å². The number of aromatic nitrogens is 2. The highest BCUT2D eigenvalue weighted by Gasteiger charge is 2.15. The van der Waals surface area contributed by atoms with Crippen LogP contribution in [0.25, 0.3) is 0 Å². The summed E-state index contributed by atoms with van der Waals surface area (Å²) in [4.78, 5) is 19.6. The van der Waals surface area contributed by atoms with Crippen LogP contribution in [0.1, 0.15) is 40.5 Å². The maximum absolute atomic E-state index is 11.4. The summed E-state index contributed by atoms with van der Waals surface area (Å²) in [6, 6.07) is 1.76. The number of ether oxygens (including phenoxy) is 2. The number of nitrogens with one attached hydrogen (secondary N) is 2. The molecule has 1 amide bonds. The molecule has 0 aliphatic rings. The fourth-order valence-electron chi connectivity index (χ4n) is 1.53. The molecule has 22 heavy (non-hydrogen) atoms. The molecule has 0 unspecified atom stereocenters. The minimum Gasteiger partial charge on any atom is -0.478 e. The van der Waals surface area contributed by atoms with Crippen molar-refractivity contribution >= 4 is 11.9 Å². The van der Waals surface area contributed by atoms with E-state index >= 15 is 0 Å². The summed E-state index contributed by atoms with van der Waals surface area (Å²) in [6.45, 7) is 9.39. The third kappa shape index (κ3) is 8.28. The van der Waals surface area contributed by atoms with Crippen molar-refractivity contribution in [2.75, 3.05) is 25.0 Å². The van der Waals surface area contributed by atoms with Gasteiger partial charge in [-0.05, 0) is 33.6 Å². The molecule has 1 aromatic rings. The fraction of sp³-hybridized carbons (Fsp3) is 0.667. The van der Waals surface area contributed by atoms with Gasteiger partial charge in [0.1, 0.15) is 17.7 Å². The lowest BCUT2D eigenvalue weighted by Crippen LogP contribution is -2.33. The largest absolute Gasteiger partial charge is 0.478 e. The quantitative estimate of drug-likeness (QED) is 0.718. The first-order valence-electron chi connectivity index (χ1n) is 7.56. The zero-order valence-corrected chi connectivity index (χ0v) is 13.8. The SMILES string of the molecule is CCCOc1cc(NCCCNC(=O)OC(C)(C)C)ncn1. The molecule has 0 spiro atoms. The van der Waals surface area contributed by atoms with E-state index in [-0.39, 0.29) is 0 Å². The minimum absolute atomic E-state index is 0.398. The maximum Gasteiger partial charge on any atom is 0.407 e. The molecule has 0 aliphatic carbocycles. The van der Waals surface area contributed by atoms with Crippen molar-refractivity contribution in [3.8, 4) is 5.88 Å². The van der Waals surface area contributed by atoms with Crippen molar-refractivity contribution < 1.29 is 14.3 Å². The number of hydrogen-bond acceptors (Lipinski definition) is 6. The number of nitrogens with zero attached hydrogens (tertiary/aromatic N) is 2. The molecule has 0 saturated carbocycles. The van der Waals surface area contributed by atoms with Gasteiger partial charge in [-0.15, -0.1) is 0 Å². The van der Waals surface area contributed by atoms with E-state index in [1.54, 1.807) is 6.07 Å². The summed E-state index contributed by atoms with van der Waals surface area (Å²) in [5.41, 5.74) is -0.474. The Labute approximate surface area is 131 Å². The molecule has 1 aromatic heterocycles. The topological polar surface area (TPSA) is 85.4 Å². The van der Waals surface area contributed by atoms with Gasteiger partial charge >= 0.3 is 6.09 Å². The zero-order valence-electron chi connectivity index (χ0n) is 13.8. The minimum atomic E-state index is -0.474. The second kappa shape index (κ2) is 9.07. The number of amides is 1. The van der Waals surface area contributed by atoms with Crippen LogP contribution in [0, 0.1) is 0 Å². The third-order valence-corrected chi connectivity index (χ3v) is 2.42. The molecule has 1 heterocycles. The molecule has 0 radical (unpaired) electrons. The fourth-order valence-corrected chi connectivity index (χ4v) is 1.53. The Kier molecular flexibility index (Phi) is 7.42. The molecule has 0 aliphatic heterocycles. The third-order valence-electron chi connectivity index (χ3n) is 2.42. The summed E-state index contributed by atoms with van der Waals surface area (Å²) in [5.74, 6) is 1.27. The highest BCUT2D eigenvalue weighted by Crippen LogP contribution is 2.11. The van der Waals surface area contributed by atoms with E-state index < -0.39 is 11.7 Å². The van der Waals surface area contributed by atoms with Gasteiger partial charge in [-0.25, -0.2) is 14.8 Å². The number of alkyl carbamates (subject to hydrolysis) is 1. The predicted molar refractivity (Wildman–Crippen MR) is 85.2 cm³/mol. The van der Waals surface area contributed by atoms with Gasteiger partial charge in [0, 0.05) is 19.2 Å². The van der Waals surface area contributed by atoms with Crippen LogP contribution in [0.3, 0.4) is 0 Å². The standard InChI is InChI=1S/C15H26N4O3/c1-5-9-21-13-10-12(18-11-19-13)16-7-6-8-17-14(20)22-15(2,3)4/h10-11H,5-9H2,1-4H3,(H,17,20)(H,16,18,19). The van der Waals surface area contributed by atoms with Crippen LogP contribution < -0.4 is 15.4 Å². The summed E-state index contributed by atoms with van der Waals surface area (Å²) in [7, 11) is 0. The van der Waals surface area contributed by atoms with Crippen molar-refractivity contribution in [1.29, 1.82) is 0 Å². The molecule has 1 rings (SSSR count). The zero-order chi connectivity index (χ0) is 16.4. The summed E-state index contributed by atoms with van der Waals surface area (Å²) >= 11 is 0. The van der Waals surface area contributed by atoms with Crippen LogP contribution in [-0.4, -0.2) is 41.4 Å². The normalized spacial score (nSPS) is 10.9. The van der Waals surface area contributed by atoms with Gasteiger partial charge in [0.2, 0.25) is 5.88 Å². The molecule has 0 aromatic carbocycles. The lowest BCUT2D eigenvalue weighted by Gasteiger charge is -2.19. The van der Waals surface area contributed by atoms with Gasteiger partial charge in [0.15, 0.2) is 0 Å². The molecule has 2 N–H and O–H groups in total. The Morgan fingerprint density at radius 2 is 2.05 bits per heavy atom. The predicted octanol–water partition coefficient (Wildman–Crippen LogP) is 2.59. The van der Waals surface area contributed by atoms with Crippen molar-refractivity contribution in [2.24, 2.45) is 0 Å². The van der Waals surface area contributed by atoms with Gasteiger partial charge in [-0.1, -0.05) is 6.92 Å². The lowest BCUT2D eigenvalue weighted by molar-refractivity contribution is 0.0528. The number of rotatable bonds is 8. The van der Waals surface area contributed by atoms with Crippen molar-refractivity contribution in [1.82, 2.24) is 15.3 Å². The van der Waals surface area contributed by atoms with Gasteiger partial charge < -0.3 is 20.1 Å². The molecule has 124 valence electrons. The van der Waals surface area contributed by atoms with E-state index in [1.807, 2.05) is 27.7 Å². The van der Waals surface area contributed by atoms with Gasteiger partial charge in [0.25, 0.3) is 0 Å². The van der Waals surface area contributed by atoms with Crippen LogP contribution in [0.4, 0.5) is 10.6 Å². The second-order valence-electron chi connectivity index (χ2n) is 5.80. The molecule has 0 bridgehead atoms. The second-order valence-corrected chi connectivity index (χ2v) is 5.80. The van der Waals surface area contributed by atoms with Crippen LogP contribution in [0.5, 0.6) is 5.88 Å². The molecule has 0 atom stereocenters. The Balaban J connectivity index is 2.20. The van der Waals surface area contributed by atoms with Gasteiger partial charge in [0.05, 0.1) is 6.61 Å². The lowest BCUT2D eigenvalue weighted by atomic mass is 10.2. The first-order valence-corrected chi connectivity index (χ1v) is 7.56. The molecule has 0 fully saturated rings. The number of carbonyl (C=O) groups is 1. The molecule has 7 nitrogen and oxygen atoms in total. The first-order chi connectivity index (χ1) is 10.4. The van der Waals surface area contributed by atoms with Crippen LogP contribution in [0.15, 0.2) is 12.4 Å². The maximum atomic E-state index is 11.4. The first kappa shape index (κ1) is 18.0. The van der Waals surface area contributed by atoms with Crippen molar-refractivity contribution in [3.05, 3.63) is 12.4 Å². The molecular formula is C15H26N4O3. The Bertz CT molecular complexity index is 460. The smallest absolute Gasteiger partial charge is 0.407 e. The van der Waals surface area contributed by atoms with Gasteiger partial charge in [-0.2, -0.15) is 0 Å². The van der Waals surface area contributed by atoms with E-state index in [0.717, 1.165) is 12.8 Å². The number of carbonyl (C=O) groups excluding carboxylic acids is 1. The van der Waals surface area contributed by atoms with E-state index in [2.05, 4.69) is 20.6 Å². The highest BCUT2D eigenvalue weighted by atomic mass is 16.6. The molecule has 7 heteroatoms. The number of hydrogen-bond donors (Lipinski definition) is 2. The van der Waals surface area contributed by atoms with Crippen LogP contribution in [0.2, 0.25) is 0 Å². The van der Waals surface area contributed by atoms with Crippen LogP contribution in [-0.2, 0) is 4.74 Å². The monoisotopic (exact) mass is 310 g/mol. The number of anilines is 1. The average molecular weight is 310 g/mol. The summed E-state index contributed by atoms with van der Waals surface area (Å²) < 4.78 is 10.6. The highest BCUT2D eigenvalue weighted by molar-refractivity contribution is 5.67. The van der Waals surface area contributed by atoms with E-state index in [0.29, 0.717) is 31.4 Å². The summed E-state index contributed by atoms with van der Waals surface area (Å²) in [6.07, 6.45) is 2.76.